The van der Waals surface area contributed by atoms with Crippen molar-refractivity contribution in [2.75, 3.05) is 0 Å². The third kappa shape index (κ3) is 2.98. The van der Waals surface area contributed by atoms with Crippen LogP contribution in [-0.2, 0) is 25.8 Å². The van der Waals surface area contributed by atoms with Gasteiger partial charge < -0.3 is 0 Å². The predicted octanol–water partition coefficient (Wildman–Crippen LogP) is 4.20. The Morgan fingerprint density at radius 3 is 2.56 bits per heavy atom. The fourth-order valence-electron chi connectivity index (χ4n) is 2.79. The summed E-state index contributed by atoms with van der Waals surface area (Å²) in [6.07, 6.45) is 13.9. The number of hydrogen-bond donors (Lipinski definition) is 0. The monoisotopic (exact) mass is 509 g/mol. The molecule has 1 atom stereocenters. The van der Waals surface area contributed by atoms with Gasteiger partial charge in [0, 0.05) is 25.8 Å². The van der Waals surface area contributed by atoms with Crippen molar-refractivity contribution < 1.29 is 25.8 Å². The zero-order valence-corrected chi connectivity index (χ0v) is 17.1. The maximum absolute atomic E-state index is 2.57. The minimum Gasteiger partial charge on any atom is 0 e. The second kappa shape index (κ2) is 6.51. The summed E-state index contributed by atoms with van der Waals surface area (Å²) in [6.45, 7) is 0. The van der Waals surface area contributed by atoms with Crippen LogP contribution in [0.5, 0.6) is 0 Å². The molecule has 0 N–H and O–H groups in total. The van der Waals surface area contributed by atoms with Gasteiger partial charge in [-0.3, -0.25) is 0 Å². The molecule has 0 saturated heterocycles. The molecular formula is C16H17HfSn. The summed E-state index contributed by atoms with van der Waals surface area (Å²) in [5.41, 5.74) is 3.05. The van der Waals surface area contributed by atoms with Crippen LogP contribution >= 0.6 is 0 Å². The van der Waals surface area contributed by atoms with Crippen molar-refractivity contribution in [1.29, 1.82) is 0 Å². The van der Waals surface area contributed by atoms with Crippen LogP contribution in [0.15, 0.2) is 54.6 Å². The minimum atomic E-state index is -1.33. The second-order valence-electron chi connectivity index (χ2n) is 4.95. The van der Waals surface area contributed by atoms with Crippen LogP contribution in [0.1, 0.15) is 15.1 Å². The molecule has 0 fully saturated rings. The van der Waals surface area contributed by atoms with Gasteiger partial charge in [0.2, 0.25) is 0 Å². The molecule has 2 aliphatic rings. The Hall–Kier alpha value is 0.109. The van der Waals surface area contributed by atoms with E-state index in [0.29, 0.717) is 0 Å². The molecule has 1 unspecified atom stereocenters. The molecular weight excluding hydrogens is 489 g/mol. The molecule has 3 rings (SSSR count). The fourth-order valence-corrected chi connectivity index (χ4v) is 9.89. The Labute approximate surface area is 135 Å². The van der Waals surface area contributed by atoms with Gasteiger partial charge >= 0.3 is 111 Å². The number of rotatable bonds is 3. The Morgan fingerprint density at radius 2 is 1.78 bits per heavy atom. The molecule has 0 amide bonds. The maximum atomic E-state index is 2.57. The van der Waals surface area contributed by atoms with Crippen molar-refractivity contribution >= 4 is 25.8 Å². The van der Waals surface area contributed by atoms with Gasteiger partial charge in [-0.25, -0.2) is 0 Å². The van der Waals surface area contributed by atoms with Gasteiger partial charge in [0.15, 0.2) is 0 Å². The Morgan fingerprint density at radius 1 is 1.06 bits per heavy atom. The van der Waals surface area contributed by atoms with Crippen LogP contribution in [0, 0.1) is 5.92 Å². The minimum absolute atomic E-state index is 0. The SMILES string of the molecule is [CH3][Sn]([CH2]C1C=CC=C1)[CH]1C=Cc2ccccc21.[Hf]. The van der Waals surface area contributed by atoms with Gasteiger partial charge in [-0.2, -0.15) is 0 Å². The predicted molar refractivity (Wildman–Crippen MR) is 76.4 cm³/mol. The van der Waals surface area contributed by atoms with E-state index < -0.39 is 19.8 Å². The molecule has 1 radical (unpaired) electrons. The third-order valence-corrected chi connectivity index (χ3v) is 11.4. The molecule has 0 nitrogen and oxygen atoms in total. The summed E-state index contributed by atoms with van der Waals surface area (Å²) < 4.78 is 2.24. The Balaban J connectivity index is 0.00000120. The first kappa shape index (κ1) is 14.5. The molecule has 89 valence electrons. The first-order valence-corrected chi connectivity index (χ1v) is 12.8. The van der Waals surface area contributed by atoms with E-state index in [-0.39, 0.29) is 25.8 Å². The molecule has 0 aromatic heterocycles. The normalized spacial score (nSPS) is 20.4. The first-order valence-electron chi connectivity index (χ1n) is 6.29. The second-order valence-corrected chi connectivity index (χ2v) is 12.7. The molecule has 2 aliphatic carbocycles. The van der Waals surface area contributed by atoms with Crippen LogP contribution < -0.4 is 0 Å². The van der Waals surface area contributed by atoms with Crippen molar-refractivity contribution in [3.63, 3.8) is 0 Å². The fraction of sp³-hybridized carbons (Fsp3) is 0.250. The summed E-state index contributed by atoms with van der Waals surface area (Å²) >= 11 is -1.33. The van der Waals surface area contributed by atoms with Crippen LogP contribution in [0.4, 0.5) is 0 Å². The summed E-state index contributed by atoms with van der Waals surface area (Å²) in [7, 11) is 0. The molecule has 0 spiro atoms. The summed E-state index contributed by atoms with van der Waals surface area (Å²) in [6, 6.07) is 8.90. The van der Waals surface area contributed by atoms with E-state index in [4.69, 9.17) is 0 Å². The van der Waals surface area contributed by atoms with Crippen molar-refractivity contribution in [2.24, 2.45) is 5.92 Å². The number of benzene rings is 1. The van der Waals surface area contributed by atoms with Crippen LogP contribution in [0.25, 0.3) is 6.08 Å². The van der Waals surface area contributed by atoms with E-state index in [1.807, 2.05) is 0 Å². The number of hydrogen-bond acceptors (Lipinski definition) is 0. The Bertz CT molecular complexity index is 490. The molecule has 0 heterocycles. The van der Waals surface area contributed by atoms with E-state index >= 15 is 0 Å². The molecule has 1 aromatic carbocycles. The molecule has 0 bridgehead atoms. The zero-order chi connectivity index (χ0) is 11.7. The molecule has 0 saturated carbocycles. The van der Waals surface area contributed by atoms with Gasteiger partial charge in [-0.1, -0.05) is 0 Å². The standard InChI is InChI=1S/C9H7.C6H7.CH3.Hf.Sn/c1-2-5-9-7-3-6-8(9)4-1;1-6-4-2-3-5-6;;;/h1-7H;2-6H,1H2;1H3;;. The summed E-state index contributed by atoms with van der Waals surface area (Å²) in [4.78, 5) is 2.57. The van der Waals surface area contributed by atoms with E-state index in [1.165, 1.54) is 10.0 Å². The molecule has 18 heavy (non-hydrogen) atoms. The van der Waals surface area contributed by atoms with Gasteiger partial charge in [0.1, 0.15) is 0 Å². The topological polar surface area (TPSA) is 0 Å². The molecule has 0 aliphatic heterocycles. The van der Waals surface area contributed by atoms with Crippen LogP contribution in [0.2, 0.25) is 9.38 Å². The Kier molecular flexibility index (Phi) is 5.25. The average Bonchev–Trinajstić information content (AvgIpc) is 2.96. The van der Waals surface area contributed by atoms with Gasteiger partial charge in [0.25, 0.3) is 0 Å². The smallest absolute Gasteiger partial charge is 0 e. The quantitative estimate of drug-likeness (QED) is 0.540. The zero-order valence-electron chi connectivity index (χ0n) is 10.6. The summed E-state index contributed by atoms with van der Waals surface area (Å²) in [5.74, 6) is 0.732. The van der Waals surface area contributed by atoms with E-state index in [1.54, 1.807) is 5.56 Å². The maximum Gasteiger partial charge on any atom is 0 e. The summed E-state index contributed by atoms with van der Waals surface area (Å²) in [5, 5.41) is 0. The average molecular weight is 507 g/mol. The van der Waals surface area contributed by atoms with Crippen molar-refractivity contribution in [1.82, 2.24) is 0 Å². The van der Waals surface area contributed by atoms with Gasteiger partial charge in [0.05, 0.1) is 0 Å². The third-order valence-electron chi connectivity index (χ3n) is 3.72. The number of allylic oxidation sites excluding steroid dienone is 5. The number of fused-ring (bicyclic) bond motifs is 1. The molecule has 2 heteroatoms. The largest absolute Gasteiger partial charge is 0 e. The van der Waals surface area contributed by atoms with E-state index in [9.17, 15) is 0 Å². The van der Waals surface area contributed by atoms with E-state index in [0.717, 1.165) is 9.85 Å². The van der Waals surface area contributed by atoms with Crippen molar-refractivity contribution in [3.05, 3.63) is 65.8 Å². The molecule has 1 aromatic rings. The van der Waals surface area contributed by atoms with E-state index in [2.05, 4.69) is 65.7 Å². The van der Waals surface area contributed by atoms with Gasteiger partial charge in [-0.05, 0) is 0 Å². The van der Waals surface area contributed by atoms with Crippen molar-refractivity contribution in [2.45, 2.75) is 13.3 Å². The van der Waals surface area contributed by atoms with Crippen LogP contribution in [-0.4, -0.2) is 19.8 Å². The van der Waals surface area contributed by atoms with Crippen molar-refractivity contribution in [3.8, 4) is 0 Å². The first-order chi connectivity index (χ1) is 8.34. The van der Waals surface area contributed by atoms with Gasteiger partial charge in [-0.15, -0.1) is 0 Å². The van der Waals surface area contributed by atoms with Crippen LogP contribution in [0.3, 0.4) is 0 Å².